The van der Waals surface area contributed by atoms with E-state index in [9.17, 15) is 9.50 Å². The Kier molecular flexibility index (Phi) is 7.36. The second-order valence-electron chi connectivity index (χ2n) is 8.00. The van der Waals surface area contributed by atoms with E-state index in [-0.39, 0.29) is 19.0 Å². The Labute approximate surface area is 186 Å². The minimum Gasteiger partial charge on any atom is -0.492 e. The number of hydrogen-bond donors (Lipinski definition) is 1. The molecule has 4 rings (SSSR count). The standard InChI is InChI=1S/C24H28FN3O4/c25-21-5-2-7-23(15-21)32-19-24(29)17-27(10-12-30-18-24)16-20-4-1-6-22(14-20)31-13-11-28-9-3-8-26-28/h1-9,14-15,29H,10-13,16-19H2. The third-order valence-corrected chi connectivity index (χ3v) is 5.20. The largest absolute Gasteiger partial charge is 0.492 e. The van der Waals surface area contributed by atoms with Crippen LogP contribution in [-0.4, -0.2) is 64.9 Å². The zero-order chi connectivity index (χ0) is 22.2. The first-order chi connectivity index (χ1) is 15.6. The Morgan fingerprint density at radius 1 is 1.09 bits per heavy atom. The van der Waals surface area contributed by atoms with E-state index < -0.39 is 5.60 Å². The summed E-state index contributed by atoms with van der Waals surface area (Å²) in [6.45, 7) is 3.61. The highest BCUT2D eigenvalue weighted by Gasteiger charge is 2.33. The number of benzene rings is 2. The number of ether oxygens (including phenoxy) is 3. The lowest BCUT2D eigenvalue weighted by Crippen LogP contribution is -2.48. The number of aromatic nitrogens is 2. The molecule has 1 fully saturated rings. The lowest BCUT2D eigenvalue weighted by atomic mass is 10.1. The van der Waals surface area contributed by atoms with Crippen LogP contribution in [0.4, 0.5) is 4.39 Å². The molecule has 7 nitrogen and oxygen atoms in total. The molecular weight excluding hydrogens is 413 g/mol. The fourth-order valence-electron chi connectivity index (χ4n) is 3.68. The van der Waals surface area contributed by atoms with Gasteiger partial charge in [0.05, 0.1) is 19.8 Å². The van der Waals surface area contributed by atoms with Crippen molar-refractivity contribution in [2.75, 3.05) is 39.5 Å². The second-order valence-corrected chi connectivity index (χ2v) is 8.00. The molecule has 32 heavy (non-hydrogen) atoms. The first-order valence-corrected chi connectivity index (χ1v) is 10.7. The molecule has 2 heterocycles. The summed E-state index contributed by atoms with van der Waals surface area (Å²) in [7, 11) is 0. The Balaban J connectivity index is 1.32. The number of β-amino-alcohol motifs (C(OH)–C–C–N with tert-alkyl or cyclic N) is 1. The van der Waals surface area contributed by atoms with Gasteiger partial charge in [-0.15, -0.1) is 0 Å². The van der Waals surface area contributed by atoms with Crippen molar-refractivity contribution in [1.82, 2.24) is 14.7 Å². The van der Waals surface area contributed by atoms with Gasteiger partial charge in [-0.3, -0.25) is 9.58 Å². The van der Waals surface area contributed by atoms with Gasteiger partial charge in [-0.1, -0.05) is 18.2 Å². The van der Waals surface area contributed by atoms with Crippen LogP contribution in [0.1, 0.15) is 5.56 Å². The summed E-state index contributed by atoms with van der Waals surface area (Å²) in [6.07, 6.45) is 3.65. The van der Waals surface area contributed by atoms with Crippen LogP contribution in [0.15, 0.2) is 67.0 Å². The molecule has 170 valence electrons. The van der Waals surface area contributed by atoms with Crippen LogP contribution in [0.5, 0.6) is 11.5 Å². The molecule has 1 N–H and O–H groups in total. The Bertz CT molecular complexity index is 985. The summed E-state index contributed by atoms with van der Waals surface area (Å²) in [6, 6.07) is 15.7. The molecule has 0 aliphatic carbocycles. The summed E-state index contributed by atoms with van der Waals surface area (Å²) in [5.74, 6) is 0.805. The van der Waals surface area contributed by atoms with E-state index in [0.717, 1.165) is 11.3 Å². The van der Waals surface area contributed by atoms with Gasteiger partial charge in [-0.05, 0) is 35.9 Å². The van der Waals surface area contributed by atoms with E-state index in [0.29, 0.717) is 45.1 Å². The predicted molar refractivity (Wildman–Crippen MR) is 117 cm³/mol. The lowest BCUT2D eigenvalue weighted by Gasteiger charge is -2.30. The summed E-state index contributed by atoms with van der Waals surface area (Å²) >= 11 is 0. The quantitative estimate of drug-likeness (QED) is 0.551. The monoisotopic (exact) mass is 441 g/mol. The summed E-state index contributed by atoms with van der Waals surface area (Å²) in [5.41, 5.74) is -0.113. The van der Waals surface area contributed by atoms with Gasteiger partial charge in [0.1, 0.15) is 36.1 Å². The van der Waals surface area contributed by atoms with Crippen LogP contribution in [0.2, 0.25) is 0 Å². The van der Waals surface area contributed by atoms with E-state index in [4.69, 9.17) is 14.2 Å². The lowest BCUT2D eigenvalue weighted by molar-refractivity contribution is -0.0647. The van der Waals surface area contributed by atoms with Crippen LogP contribution in [0, 0.1) is 5.82 Å². The maximum atomic E-state index is 13.4. The van der Waals surface area contributed by atoms with Crippen LogP contribution in [0.3, 0.4) is 0 Å². The molecule has 1 aromatic heterocycles. The van der Waals surface area contributed by atoms with Gasteiger partial charge in [0, 0.05) is 38.1 Å². The molecule has 0 amide bonds. The molecule has 0 radical (unpaired) electrons. The Morgan fingerprint density at radius 2 is 1.94 bits per heavy atom. The first kappa shape index (κ1) is 22.3. The van der Waals surface area contributed by atoms with Crippen molar-refractivity contribution < 1.29 is 23.7 Å². The fourth-order valence-corrected chi connectivity index (χ4v) is 3.68. The molecule has 8 heteroatoms. The van der Waals surface area contributed by atoms with Gasteiger partial charge < -0.3 is 19.3 Å². The number of nitrogens with zero attached hydrogens (tertiary/aromatic N) is 3. The third-order valence-electron chi connectivity index (χ3n) is 5.20. The van der Waals surface area contributed by atoms with E-state index in [1.54, 1.807) is 18.3 Å². The van der Waals surface area contributed by atoms with E-state index in [1.165, 1.54) is 12.1 Å². The summed E-state index contributed by atoms with van der Waals surface area (Å²) < 4.78 is 32.4. The predicted octanol–water partition coefficient (Wildman–Crippen LogP) is 2.74. The van der Waals surface area contributed by atoms with Crippen molar-refractivity contribution in [3.63, 3.8) is 0 Å². The highest BCUT2D eigenvalue weighted by atomic mass is 19.1. The molecule has 1 aliphatic rings. The molecule has 0 saturated carbocycles. The topological polar surface area (TPSA) is 69.0 Å². The molecule has 1 atom stereocenters. The first-order valence-electron chi connectivity index (χ1n) is 10.7. The molecule has 1 aliphatic heterocycles. The molecule has 2 aromatic carbocycles. The highest BCUT2D eigenvalue weighted by molar-refractivity contribution is 5.28. The summed E-state index contributed by atoms with van der Waals surface area (Å²) in [4.78, 5) is 2.13. The third kappa shape index (κ3) is 6.53. The van der Waals surface area contributed by atoms with Gasteiger partial charge in [0.25, 0.3) is 0 Å². The van der Waals surface area contributed by atoms with E-state index in [2.05, 4.69) is 10.00 Å². The van der Waals surface area contributed by atoms with Crippen molar-refractivity contribution in [1.29, 1.82) is 0 Å². The minimum absolute atomic E-state index is 0.0174. The van der Waals surface area contributed by atoms with Gasteiger partial charge in [-0.25, -0.2) is 4.39 Å². The molecular formula is C24H28FN3O4. The average Bonchev–Trinajstić information content (AvgIpc) is 3.22. The van der Waals surface area contributed by atoms with Crippen LogP contribution < -0.4 is 9.47 Å². The number of hydrogen-bond acceptors (Lipinski definition) is 6. The Morgan fingerprint density at radius 3 is 2.75 bits per heavy atom. The maximum Gasteiger partial charge on any atom is 0.134 e. The summed E-state index contributed by atoms with van der Waals surface area (Å²) in [5, 5.41) is 15.2. The number of rotatable bonds is 9. The van der Waals surface area contributed by atoms with Crippen molar-refractivity contribution in [3.05, 3.63) is 78.4 Å². The van der Waals surface area contributed by atoms with E-state index in [1.807, 2.05) is 41.2 Å². The van der Waals surface area contributed by atoms with Crippen molar-refractivity contribution in [2.24, 2.45) is 0 Å². The molecule has 0 bridgehead atoms. The molecule has 3 aromatic rings. The van der Waals surface area contributed by atoms with Crippen molar-refractivity contribution >= 4 is 0 Å². The second kappa shape index (κ2) is 10.6. The van der Waals surface area contributed by atoms with Crippen LogP contribution in [0.25, 0.3) is 0 Å². The van der Waals surface area contributed by atoms with Gasteiger partial charge in [-0.2, -0.15) is 5.10 Å². The smallest absolute Gasteiger partial charge is 0.134 e. The molecule has 0 spiro atoms. The maximum absolute atomic E-state index is 13.4. The molecule has 1 unspecified atom stereocenters. The average molecular weight is 442 g/mol. The Hall–Kier alpha value is -2.94. The van der Waals surface area contributed by atoms with Crippen molar-refractivity contribution in [3.8, 4) is 11.5 Å². The van der Waals surface area contributed by atoms with Crippen LogP contribution in [-0.2, 0) is 17.8 Å². The van der Waals surface area contributed by atoms with Crippen molar-refractivity contribution in [2.45, 2.75) is 18.7 Å². The number of aliphatic hydroxyl groups is 1. The highest BCUT2D eigenvalue weighted by Crippen LogP contribution is 2.20. The van der Waals surface area contributed by atoms with Gasteiger partial charge in [0.2, 0.25) is 0 Å². The van der Waals surface area contributed by atoms with Gasteiger partial charge in [0.15, 0.2) is 0 Å². The SMILES string of the molecule is OC1(COc2cccc(F)c2)COCCN(Cc2cccc(OCCn3cccn3)c2)C1. The zero-order valence-corrected chi connectivity index (χ0v) is 17.9. The van der Waals surface area contributed by atoms with Gasteiger partial charge >= 0.3 is 0 Å². The normalized spacial score (nSPS) is 19.4. The minimum atomic E-state index is -1.19. The fraction of sp³-hybridized carbons (Fsp3) is 0.375. The number of halogens is 1. The van der Waals surface area contributed by atoms with E-state index >= 15 is 0 Å². The molecule has 1 saturated heterocycles. The zero-order valence-electron chi connectivity index (χ0n) is 17.9. The van der Waals surface area contributed by atoms with Crippen LogP contribution >= 0.6 is 0 Å².